The van der Waals surface area contributed by atoms with Crippen LogP contribution in [0.1, 0.15) is 5.56 Å². The largest absolute Gasteiger partial charge is 0.384 e. The summed E-state index contributed by atoms with van der Waals surface area (Å²) in [6, 6.07) is 9.71. The minimum absolute atomic E-state index is 0.539. The van der Waals surface area contributed by atoms with Crippen LogP contribution in [0.4, 0.5) is 5.82 Å². The van der Waals surface area contributed by atoms with Crippen LogP contribution in [0, 0.1) is 6.92 Å². The lowest BCUT2D eigenvalue weighted by Gasteiger charge is -2.04. The van der Waals surface area contributed by atoms with Gasteiger partial charge >= 0.3 is 0 Å². The average molecular weight is 251 g/mol. The van der Waals surface area contributed by atoms with Crippen molar-refractivity contribution in [1.29, 1.82) is 0 Å². The van der Waals surface area contributed by atoms with Crippen molar-refractivity contribution in [2.75, 3.05) is 5.73 Å². The topological polar surface area (TPSA) is 38.9 Å². The van der Waals surface area contributed by atoms with Crippen molar-refractivity contribution in [3.05, 3.63) is 47.1 Å². The van der Waals surface area contributed by atoms with Gasteiger partial charge in [0, 0.05) is 21.0 Å². The molecule has 0 bridgehead atoms. The van der Waals surface area contributed by atoms with Crippen molar-refractivity contribution in [2.24, 2.45) is 0 Å². The third-order valence-electron chi connectivity index (χ3n) is 2.12. The van der Waals surface area contributed by atoms with Gasteiger partial charge in [0.25, 0.3) is 0 Å². The Morgan fingerprint density at radius 1 is 1.19 bits per heavy atom. The fourth-order valence-corrected chi connectivity index (χ4v) is 2.27. The number of hydrogen-bond acceptors (Lipinski definition) is 3. The Morgan fingerprint density at radius 2 is 1.94 bits per heavy atom. The van der Waals surface area contributed by atoms with E-state index in [2.05, 4.69) is 11.1 Å². The van der Waals surface area contributed by atoms with Crippen molar-refractivity contribution in [1.82, 2.24) is 4.98 Å². The fraction of sp³-hybridized carbons (Fsp3) is 0.0833. The molecule has 2 N–H and O–H groups in total. The highest BCUT2D eigenvalue weighted by atomic mass is 35.5. The zero-order valence-electron chi connectivity index (χ0n) is 8.77. The predicted molar refractivity (Wildman–Crippen MR) is 69.0 cm³/mol. The molecule has 2 aromatic rings. The molecule has 0 aliphatic carbocycles. The second-order valence-corrected chi connectivity index (χ2v) is 4.99. The van der Waals surface area contributed by atoms with E-state index in [9.17, 15) is 0 Å². The van der Waals surface area contributed by atoms with Crippen molar-refractivity contribution >= 4 is 29.2 Å². The van der Waals surface area contributed by atoms with E-state index in [4.69, 9.17) is 17.3 Å². The van der Waals surface area contributed by atoms with E-state index in [1.807, 2.05) is 25.1 Å². The summed E-state index contributed by atoms with van der Waals surface area (Å²) in [5.74, 6) is 0.539. The second kappa shape index (κ2) is 4.76. The number of aryl methyl sites for hydroxylation is 1. The first-order chi connectivity index (χ1) is 7.65. The molecule has 0 amide bonds. The van der Waals surface area contributed by atoms with Crippen LogP contribution in [0.25, 0.3) is 0 Å². The molecule has 1 heterocycles. The van der Waals surface area contributed by atoms with Crippen LogP contribution in [0.3, 0.4) is 0 Å². The van der Waals surface area contributed by atoms with E-state index in [1.54, 1.807) is 24.0 Å². The monoisotopic (exact) mass is 250 g/mol. The molecule has 1 aromatic heterocycles. The summed E-state index contributed by atoms with van der Waals surface area (Å²) >= 11 is 7.61. The van der Waals surface area contributed by atoms with Crippen LogP contribution in [-0.4, -0.2) is 4.98 Å². The van der Waals surface area contributed by atoms with Gasteiger partial charge in [-0.3, -0.25) is 0 Å². The van der Waals surface area contributed by atoms with Crippen LogP contribution in [0.5, 0.6) is 0 Å². The van der Waals surface area contributed by atoms with E-state index in [0.29, 0.717) is 5.82 Å². The summed E-state index contributed by atoms with van der Waals surface area (Å²) in [5, 5.41) is 0.791. The lowest BCUT2D eigenvalue weighted by atomic mass is 10.2. The molecule has 82 valence electrons. The van der Waals surface area contributed by atoms with E-state index in [0.717, 1.165) is 20.4 Å². The van der Waals surface area contributed by atoms with Crippen molar-refractivity contribution in [3.63, 3.8) is 0 Å². The minimum atomic E-state index is 0.539. The molecule has 1 aromatic carbocycles. The second-order valence-electron chi connectivity index (χ2n) is 3.43. The SMILES string of the molecule is Cc1cc(Sc2ccc(N)nc2)ccc1Cl. The summed E-state index contributed by atoms with van der Waals surface area (Å²) in [7, 11) is 0. The van der Waals surface area contributed by atoms with Crippen LogP contribution >= 0.6 is 23.4 Å². The summed E-state index contributed by atoms with van der Waals surface area (Å²) in [6.07, 6.45) is 1.77. The molecule has 0 atom stereocenters. The zero-order chi connectivity index (χ0) is 11.5. The maximum absolute atomic E-state index is 5.97. The summed E-state index contributed by atoms with van der Waals surface area (Å²) in [5.41, 5.74) is 6.60. The lowest BCUT2D eigenvalue weighted by Crippen LogP contribution is -1.87. The maximum atomic E-state index is 5.97. The molecule has 0 fully saturated rings. The van der Waals surface area contributed by atoms with Gasteiger partial charge < -0.3 is 5.73 Å². The standard InChI is InChI=1S/C12H11ClN2S/c1-8-6-9(2-4-11(8)13)16-10-3-5-12(14)15-7-10/h2-7H,1H3,(H2,14,15). The molecule has 2 rings (SSSR count). The first-order valence-corrected chi connectivity index (χ1v) is 6.00. The number of nitrogen functional groups attached to an aromatic ring is 1. The van der Waals surface area contributed by atoms with Gasteiger partial charge in [0.2, 0.25) is 0 Å². The third-order valence-corrected chi connectivity index (χ3v) is 3.52. The first kappa shape index (κ1) is 11.3. The lowest BCUT2D eigenvalue weighted by molar-refractivity contribution is 1.24. The number of aromatic nitrogens is 1. The molecule has 0 saturated heterocycles. The average Bonchev–Trinajstić information content (AvgIpc) is 2.27. The number of hydrogen-bond donors (Lipinski definition) is 1. The number of nitrogens with zero attached hydrogens (tertiary/aromatic N) is 1. The number of rotatable bonds is 2. The van der Waals surface area contributed by atoms with Crippen LogP contribution in [0.15, 0.2) is 46.3 Å². The summed E-state index contributed by atoms with van der Waals surface area (Å²) < 4.78 is 0. The van der Waals surface area contributed by atoms with Gasteiger partial charge in [0.15, 0.2) is 0 Å². The number of nitrogens with two attached hydrogens (primary N) is 1. The fourth-order valence-electron chi connectivity index (χ4n) is 1.27. The van der Waals surface area contributed by atoms with Crippen LogP contribution < -0.4 is 5.73 Å². The molecule has 0 spiro atoms. The Morgan fingerprint density at radius 3 is 2.56 bits per heavy atom. The summed E-state index contributed by atoms with van der Waals surface area (Å²) in [4.78, 5) is 6.26. The van der Waals surface area contributed by atoms with Crippen molar-refractivity contribution < 1.29 is 0 Å². The minimum Gasteiger partial charge on any atom is -0.384 e. The van der Waals surface area contributed by atoms with Crippen molar-refractivity contribution in [3.8, 4) is 0 Å². The molecule has 2 nitrogen and oxygen atoms in total. The quantitative estimate of drug-likeness (QED) is 0.882. The van der Waals surface area contributed by atoms with Gasteiger partial charge in [-0.25, -0.2) is 4.98 Å². The highest BCUT2D eigenvalue weighted by Crippen LogP contribution is 2.29. The Kier molecular flexibility index (Phi) is 3.36. The number of benzene rings is 1. The van der Waals surface area contributed by atoms with Crippen LogP contribution in [0.2, 0.25) is 5.02 Å². The molecule has 16 heavy (non-hydrogen) atoms. The molecule has 4 heteroatoms. The molecule has 0 saturated carbocycles. The number of anilines is 1. The Balaban J connectivity index is 2.20. The molecule has 0 radical (unpaired) electrons. The zero-order valence-corrected chi connectivity index (χ0v) is 10.3. The molecule has 0 aliphatic heterocycles. The Labute approximate surface area is 104 Å². The molecular formula is C12H11ClN2S. The van der Waals surface area contributed by atoms with E-state index >= 15 is 0 Å². The molecule has 0 unspecified atom stereocenters. The van der Waals surface area contributed by atoms with Gasteiger partial charge in [0.1, 0.15) is 5.82 Å². The number of pyridine rings is 1. The smallest absolute Gasteiger partial charge is 0.123 e. The Bertz CT molecular complexity index is 497. The van der Waals surface area contributed by atoms with E-state index in [-0.39, 0.29) is 0 Å². The third kappa shape index (κ3) is 2.68. The Hall–Kier alpha value is -1.19. The maximum Gasteiger partial charge on any atom is 0.123 e. The van der Waals surface area contributed by atoms with Gasteiger partial charge in [-0.2, -0.15) is 0 Å². The van der Waals surface area contributed by atoms with Gasteiger partial charge in [-0.05, 0) is 42.8 Å². The van der Waals surface area contributed by atoms with Crippen LogP contribution in [-0.2, 0) is 0 Å². The number of halogens is 1. The van der Waals surface area contributed by atoms with Gasteiger partial charge in [-0.15, -0.1) is 0 Å². The normalized spacial score (nSPS) is 10.4. The summed E-state index contributed by atoms with van der Waals surface area (Å²) in [6.45, 7) is 1.99. The highest BCUT2D eigenvalue weighted by molar-refractivity contribution is 7.99. The predicted octanol–water partition coefficient (Wildman–Crippen LogP) is 3.78. The van der Waals surface area contributed by atoms with Gasteiger partial charge in [-0.1, -0.05) is 23.4 Å². The van der Waals surface area contributed by atoms with Gasteiger partial charge in [0.05, 0.1) is 0 Å². The van der Waals surface area contributed by atoms with Crippen molar-refractivity contribution in [2.45, 2.75) is 16.7 Å². The molecular weight excluding hydrogens is 240 g/mol. The first-order valence-electron chi connectivity index (χ1n) is 4.81. The van der Waals surface area contributed by atoms with E-state index in [1.165, 1.54) is 0 Å². The molecule has 0 aliphatic rings. The highest BCUT2D eigenvalue weighted by Gasteiger charge is 2.00. The van der Waals surface area contributed by atoms with E-state index < -0.39 is 0 Å².